The molecule has 3 aromatic carbocycles. The van der Waals surface area contributed by atoms with Crippen molar-refractivity contribution in [2.75, 3.05) is 0 Å². The van der Waals surface area contributed by atoms with Gasteiger partial charge in [0.05, 0.1) is 4.92 Å². The number of aromatic amines is 3. The van der Waals surface area contributed by atoms with Crippen molar-refractivity contribution < 1.29 is 37.9 Å². The summed E-state index contributed by atoms with van der Waals surface area (Å²) >= 11 is 0. The molecule has 234 valence electrons. The van der Waals surface area contributed by atoms with E-state index in [1.165, 1.54) is 18.3 Å². The first-order chi connectivity index (χ1) is 21.4. The van der Waals surface area contributed by atoms with Crippen molar-refractivity contribution in [1.29, 1.82) is 0 Å². The molecular formula is C30H27F3N6O6. The number of H-pyrrole nitrogens is 3. The predicted octanol–water partition coefficient (Wildman–Crippen LogP) is 4.74. The minimum Gasteiger partial charge on any atom is -0.480 e. The van der Waals surface area contributed by atoms with Crippen molar-refractivity contribution in [2.45, 2.75) is 24.9 Å². The number of nitrogens with one attached hydrogen (secondary N) is 3. The van der Waals surface area contributed by atoms with Crippen LogP contribution in [-0.2, 0) is 22.4 Å². The Hall–Kier alpha value is -5.67. The largest absolute Gasteiger partial charge is 0.480 e. The zero-order valence-corrected chi connectivity index (χ0v) is 23.3. The van der Waals surface area contributed by atoms with Gasteiger partial charge in [-0.05, 0) is 47.5 Å². The summed E-state index contributed by atoms with van der Waals surface area (Å²) in [4.78, 5) is 39.9. The standard InChI is InChI=1S/C11H10FN3O4.C11H11FN2O2.C8H6FN/c12-6-1-2-8(15(18)19)10-9(6)5(4-14-10)3-7(13)11(16)17;12-7-2-1-3-9-10(7)6(5-14-9)4-8(13)11(15)16;9-7-2-1-3-8-6(7)4-5-10-8/h1-2,4,7,14H,3,13H2,(H,16,17);1-3,5,8,14H,4,13H2,(H,15,16);1-5,10H/t7-;8-;/m00./s1. The van der Waals surface area contributed by atoms with Crippen LogP contribution in [0.2, 0.25) is 0 Å². The van der Waals surface area contributed by atoms with Gasteiger partial charge in [-0.25, -0.2) is 13.2 Å². The summed E-state index contributed by atoms with van der Waals surface area (Å²) in [6.45, 7) is 0. The molecule has 0 saturated heterocycles. The molecule has 0 radical (unpaired) electrons. The number of carboxylic acid groups (broad SMARTS) is 2. The lowest BCUT2D eigenvalue weighted by atomic mass is 10.0. The fourth-order valence-corrected chi connectivity index (χ4v) is 4.64. The first-order valence-corrected chi connectivity index (χ1v) is 13.2. The van der Waals surface area contributed by atoms with Crippen LogP contribution in [0.5, 0.6) is 0 Å². The second-order valence-electron chi connectivity index (χ2n) is 9.84. The molecule has 0 aliphatic carbocycles. The number of hydrogen-bond acceptors (Lipinski definition) is 6. The van der Waals surface area contributed by atoms with Crippen molar-refractivity contribution in [3.05, 3.63) is 112 Å². The molecule has 0 fully saturated rings. The Balaban J connectivity index is 0.000000160. The number of aliphatic carboxylic acids is 2. The quantitative estimate of drug-likeness (QED) is 0.0970. The molecule has 2 atom stereocenters. The minimum atomic E-state index is -1.22. The number of carbonyl (C=O) groups is 2. The Morgan fingerprint density at radius 1 is 0.756 bits per heavy atom. The number of halogens is 3. The fraction of sp³-hybridized carbons (Fsp3) is 0.133. The van der Waals surface area contributed by atoms with E-state index in [-0.39, 0.29) is 41.1 Å². The highest BCUT2D eigenvalue weighted by molar-refractivity contribution is 5.91. The van der Waals surface area contributed by atoms with Gasteiger partial charge in [0, 0.05) is 64.7 Å². The van der Waals surface area contributed by atoms with E-state index in [0.717, 1.165) is 17.6 Å². The van der Waals surface area contributed by atoms with Crippen molar-refractivity contribution in [2.24, 2.45) is 11.5 Å². The second kappa shape index (κ2) is 13.7. The third kappa shape index (κ3) is 7.29. The topological polar surface area (TPSA) is 217 Å². The summed E-state index contributed by atoms with van der Waals surface area (Å²) in [7, 11) is 0. The van der Waals surface area contributed by atoms with Crippen LogP contribution in [0.25, 0.3) is 32.7 Å². The van der Waals surface area contributed by atoms with Gasteiger partial charge in [-0.1, -0.05) is 12.1 Å². The number of hydrogen-bond donors (Lipinski definition) is 7. The van der Waals surface area contributed by atoms with Gasteiger partial charge in [-0.15, -0.1) is 0 Å². The van der Waals surface area contributed by atoms with E-state index < -0.39 is 34.8 Å². The lowest BCUT2D eigenvalue weighted by Crippen LogP contribution is -2.32. The third-order valence-corrected chi connectivity index (χ3v) is 6.83. The van der Waals surface area contributed by atoms with Crippen molar-refractivity contribution in [3.8, 4) is 0 Å². The zero-order valence-electron chi connectivity index (χ0n) is 23.3. The smallest absolute Gasteiger partial charge is 0.320 e. The zero-order chi connectivity index (χ0) is 32.8. The van der Waals surface area contributed by atoms with E-state index in [4.69, 9.17) is 21.7 Å². The number of rotatable bonds is 7. The Labute approximate surface area is 251 Å². The fourth-order valence-electron chi connectivity index (χ4n) is 4.64. The molecule has 0 bridgehead atoms. The number of aromatic nitrogens is 3. The van der Waals surface area contributed by atoms with Crippen LogP contribution >= 0.6 is 0 Å². The van der Waals surface area contributed by atoms with Gasteiger partial charge < -0.3 is 36.6 Å². The minimum absolute atomic E-state index is 0.00546. The number of non-ortho nitro benzene ring substituents is 1. The number of nitro benzene ring substituents is 1. The van der Waals surface area contributed by atoms with Gasteiger partial charge in [0.1, 0.15) is 35.1 Å². The molecule has 15 heteroatoms. The molecule has 3 heterocycles. The highest BCUT2D eigenvalue weighted by atomic mass is 19.1. The Bertz CT molecular complexity index is 2000. The summed E-state index contributed by atoms with van der Waals surface area (Å²) < 4.78 is 40.1. The third-order valence-electron chi connectivity index (χ3n) is 6.83. The van der Waals surface area contributed by atoms with Crippen LogP contribution in [0.15, 0.2) is 73.2 Å². The van der Waals surface area contributed by atoms with E-state index in [9.17, 15) is 32.9 Å². The molecular weight excluding hydrogens is 597 g/mol. The molecule has 0 unspecified atom stereocenters. The van der Waals surface area contributed by atoms with E-state index in [1.807, 2.05) is 6.07 Å². The number of fused-ring (bicyclic) bond motifs is 3. The predicted molar refractivity (Wildman–Crippen MR) is 160 cm³/mol. The van der Waals surface area contributed by atoms with Gasteiger partial charge in [0.25, 0.3) is 5.69 Å². The first kappa shape index (κ1) is 32.2. The average molecular weight is 625 g/mol. The maximum atomic E-state index is 13.7. The lowest BCUT2D eigenvalue weighted by molar-refractivity contribution is -0.383. The molecule has 9 N–H and O–H groups in total. The number of carboxylic acids is 2. The second-order valence-corrected chi connectivity index (χ2v) is 9.84. The first-order valence-electron chi connectivity index (χ1n) is 13.2. The normalized spacial score (nSPS) is 12.2. The lowest BCUT2D eigenvalue weighted by Gasteiger charge is -2.05. The van der Waals surface area contributed by atoms with E-state index in [1.54, 1.807) is 36.7 Å². The summed E-state index contributed by atoms with van der Waals surface area (Å²) in [5.41, 5.74) is 12.9. The molecule has 45 heavy (non-hydrogen) atoms. The Kier molecular flexibility index (Phi) is 9.85. The summed E-state index contributed by atoms with van der Waals surface area (Å²) in [6.07, 6.45) is 4.65. The van der Waals surface area contributed by atoms with E-state index in [2.05, 4.69) is 15.0 Å². The van der Waals surface area contributed by atoms with Gasteiger partial charge in [-0.2, -0.15) is 0 Å². The molecule has 0 spiro atoms. The summed E-state index contributed by atoms with van der Waals surface area (Å²) in [5, 5.41) is 29.3. The highest BCUT2D eigenvalue weighted by Crippen LogP contribution is 2.30. The number of nitro groups is 1. The summed E-state index contributed by atoms with van der Waals surface area (Å²) in [6, 6.07) is 11.2. The number of nitrogens with zero attached hydrogens (tertiary/aromatic N) is 1. The van der Waals surface area contributed by atoms with Crippen LogP contribution in [0.3, 0.4) is 0 Å². The monoisotopic (exact) mass is 624 g/mol. The molecule has 0 amide bonds. The molecule has 0 aliphatic heterocycles. The van der Waals surface area contributed by atoms with Crippen LogP contribution in [0.1, 0.15) is 11.1 Å². The molecule has 0 saturated carbocycles. The maximum Gasteiger partial charge on any atom is 0.320 e. The van der Waals surface area contributed by atoms with Crippen LogP contribution in [0.4, 0.5) is 18.9 Å². The molecule has 12 nitrogen and oxygen atoms in total. The highest BCUT2D eigenvalue weighted by Gasteiger charge is 2.22. The van der Waals surface area contributed by atoms with Crippen LogP contribution in [0, 0.1) is 27.6 Å². The molecule has 6 aromatic rings. The molecule has 6 rings (SSSR count). The maximum absolute atomic E-state index is 13.7. The van der Waals surface area contributed by atoms with Crippen molar-refractivity contribution in [1.82, 2.24) is 15.0 Å². The van der Waals surface area contributed by atoms with Crippen LogP contribution < -0.4 is 11.5 Å². The molecule has 3 aromatic heterocycles. The summed E-state index contributed by atoms with van der Waals surface area (Å²) in [5.74, 6) is -3.51. The van der Waals surface area contributed by atoms with Gasteiger partial charge in [0.15, 0.2) is 0 Å². The average Bonchev–Trinajstić information content (AvgIpc) is 3.74. The number of benzene rings is 3. The van der Waals surface area contributed by atoms with Crippen molar-refractivity contribution in [3.63, 3.8) is 0 Å². The SMILES string of the molecule is Fc1cccc2[nH]ccc12.N[C@@H](Cc1c[nH]c2c([N+](=O)[O-])ccc(F)c12)C(=O)O.N[C@@H](Cc1c[nH]c2cccc(F)c12)C(=O)O. The Morgan fingerprint density at radius 3 is 1.91 bits per heavy atom. The van der Waals surface area contributed by atoms with Gasteiger partial charge in [-0.3, -0.25) is 19.7 Å². The van der Waals surface area contributed by atoms with Gasteiger partial charge >= 0.3 is 11.9 Å². The van der Waals surface area contributed by atoms with Gasteiger partial charge in [0.2, 0.25) is 0 Å². The Morgan fingerprint density at radius 2 is 1.31 bits per heavy atom. The van der Waals surface area contributed by atoms with E-state index >= 15 is 0 Å². The van der Waals surface area contributed by atoms with E-state index in [0.29, 0.717) is 27.4 Å². The van der Waals surface area contributed by atoms with Crippen LogP contribution in [-0.4, -0.2) is 54.1 Å². The number of nitrogens with two attached hydrogens (primary N) is 2. The molecule has 0 aliphatic rings. The van der Waals surface area contributed by atoms with Crippen molar-refractivity contribution >= 4 is 50.3 Å².